The smallest absolute Gasteiger partial charge is 0.384 e. The quantitative estimate of drug-likeness (QED) is 0.588. The van der Waals surface area contributed by atoms with Crippen molar-refractivity contribution in [1.82, 2.24) is 0 Å². The normalized spacial score (nSPS) is 10.5. The average molecular weight is 228 g/mol. The maximum Gasteiger partial charge on any atom is 0.417 e. The SMILES string of the molecule is O=Cc1ccc(C#CCO)cc1C(F)(F)F. The number of aldehydes is 1. The van der Waals surface area contributed by atoms with Crippen molar-refractivity contribution in [2.75, 3.05) is 6.61 Å². The standard InChI is InChI=1S/C11H7F3O2/c12-11(13,14)10-6-8(2-1-5-15)3-4-9(10)7-16/h3-4,6-7,15H,5H2. The van der Waals surface area contributed by atoms with Gasteiger partial charge in [-0.3, -0.25) is 4.79 Å². The molecular formula is C11H7F3O2. The molecular weight excluding hydrogens is 221 g/mol. The monoisotopic (exact) mass is 228 g/mol. The lowest BCUT2D eigenvalue weighted by Gasteiger charge is -2.09. The van der Waals surface area contributed by atoms with Crippen molar-refractivity contribution < 1.29 is 23.1 Å². The molecule has 1 aromatic rings. The molecule has 0 bridgehead atoms. The van der Waals surface area contributed by atoms with E-state index in [4.69, 9.17) is 5.11 Å². The first kappa shape index (κ1) is 12.3. The van der Waals surface area contributed by atoms with E-state index in [0.29, 0.717) is 0 Å². The van der Waals surface area contributed by atoms with Gasteiger partial charge in [0.25, 0.3) is 0 Å². The maximum atomic E-state index is 12.5. The fourth-order valence-corrected chi connectivity index (χ4v) is 1.12. The first-order chi connectivity index (χ1) is 7.49. The minimum atomic E-state index is -4.59. The molecule has 0 amide bonds. The molecule has 0 aromatic heterocycles. The van der Waals surface area contributed by atoms with Gasteiger partial charge >= 0.3 is 6.18 Å². The third kappa shape index (κ3) is 2.84. The third-order valence-electron chi connectivity index (χ3n) is 1.80. The Labute approximate surface area is 89.7 Å². The van der Waals surface area contributed by atoms with Gasteiger partial charge in [0.2, 0.25) is 0 Å². The molecule has 84 valence electrons. The third-order valence-corrected chi connectivity index (χ3v) is 1.80. The summed E-state index contributed by atoms with van der Waals surface area (Å²) in [4.78, 5) is 10.4. The molecule has 0 fully saturated rings. The van der Waals surface area contributed by atoms with E-state index >= 15 is 0 Å². The van der Waals surface area contributed by atoms with Gasteiger partial charge in [0, 0.05) is 11.1 Å². The minimum absolute atomic E-state index is 0.104. The van der Waals surface area contributed by atoms with Gasteiger partial charge in [0.15, 0.2) is 6.29 Å². The van der Waals surface area contributed by atoms with Crippen molar-refractivity contribution in [3.8, 4) is 11.8 Å². The number of aliphatic hydroxyl groups is 1. The van der Waals surface area contributed by atoms with Crippen LogP contribution in [0.2, 0.25) is 0 Å². The van der Waals surface area contributed by atoms with E-state index in [0.717, 1.165) is 12.1 Å². The number of carbonyl (C=O) groups excluding carboxylic acids is 1. The van der Waals surface area contributed by atoms with Crippen LogP contribution >= 0.6 is 0 Å². The zero-order chi connectivity index (χ0) is 12.2. The molecule has 1 N–H and O–H groups in total. The van der Waals surface area contributed by atoms with Gasteiger partial charge in [-0.2, -0.15) is 13.2 Å². The predicted molar refractivity (Wildman–Crippen MR) is 50.8 cm³/mol. The highest BCUT2D eigenvalue weighted by Gasteiger charge is 2.33. The zero-order valence-electron chi connectivity index (χ0n) is 8.01. The van der Waals surface area contributed by atoms with Gasteiger partial charge in [0.1, 0.15) is 6.61 Å². The summed E-state index contributed by atoms with van der Waals surface area (Å²) >= 11 is 0. The van der Waals surface area contributed by atoms with Crippen LogP contribution in [0, 0.1) is 11.8 Å². The summed E-state index contributed by atoms with van der Waals surface area (Å²) < 4.78 is 37.4. The van der Waals surface area contributed by atoms with Crippen LogP contribution in [0.3, 0.4) is 0 Å². The van der Waals surface area contributed by atoms with Gasteiger partial charge < -0.3 is 5.11 Å². The summed E-state index contributed by atoms with van der Waals surface area (Å²) in [7, 11) is 0. The van der Waals surface area contributed by atoms with Gasteiger partial charge in [-0.1, -0.05) is 11.8 Å². The molecule has 0 aliphatic carbocycles. The topological polar surface area (TPSA) is 37.3 Å². The van der Waals surface area contributed by atoms with Crippen LogP contribution in [0.1, 0.15) is 21.5 Å². The fourth-order valence-electron chi connectivity index (χ4n) is 1.12. The number of alkyl halides is 3. The Morgan fingerprint density at radius 3 is 2.56 bits per heavy atom. The molecule has 0 heterocycles. The van der Waals surface area contributed by atoms with Crippen molar-refractivity contribution >= 4 is 6.29 Å². The molecule has 0 saturated carbocycles. The minimum Gasteiger partial charge on any atom is -0.384 e. The summed E-state index contributed by atoms with van der Waals surface area (Å²) in [5.74, 6) is 4.57. The molecule has 2 nitrogen and oxygen atoms in total. The molecule has 0 radical (unpaired) electrons. The summed E-state index contributed by atoms with van der Waals surface area (Å²) in [6.07, 6.45) is -4.45. The van der Waals surface area contributed by atoms with Crippen molar-refractivity contribution in [3.63, 3.8) is 0 Å². The average Bonchev–Trinajstić information content (AvgIpc) is 2.24. The Morgan fingerprint density at radius 2 is 2.06 bits per heavy atom. The zero-order valence-corrected chi connectivity index (χ0v) is 8.01. The Morgan fingerprint density at radius 1 is 1.38 bits per heavy atom. The van der Waals surface area contributed by atoms with E-state index in [1.54, 1.807) is 0 Å². The molecule has 0 saturated heterocycles. The number of carbonyl (C=O) groups is 1. The predicted octanol–water partition coefficient (Wildman–Crippen LogP) is 1.86. The fraction of sp³-hybridized carbons (Fsp3) is 0.182. The van der Waals surface area contributed by atoms with Crippen LogP contribution in [0.4, 0.5) is 13.2 Å². The van der Waals surface area contributed by atoms with Crippen LogP contribution in [-0.2, 0) is 6.18 Å². The largest absolute Gasteiger partial charge is 0.417 e. The van der Waals surface area contributed by atoms with E-state index in [9.17, 15) is 18.0 Å². The van der Waals surface area contributed by atoms with Crippen LogP contribution in [0.5, 0.6) is 0 Å². The van der Waals surface area contributed by atoms with Gasteiger partial charge in [-0.15, -0.1) is 0 Å². The lowest BCUT2D eigenvalue weighted by atomic mass is 10.0. The molecule has 0 aliphatic heterocycles. The molecule has 16 heavy (non-hydrogen) atoms. The van der Waals surface area contributed by atoms with Crippen molar-refractivity contribution in [2.24, 2.45) is 0 Å². The lowest BCUT2D eigenvalue weighted by molar-refractivity contribution is -0.137. The Bertz CT molecular complexity index is 453. The highest BCUT2D eigenvalue weighted by Crippen LogP contribution is 2.31. The summed E-state index contributed by atoms with van der Waals surface area (Å²) in [5, 5.41) is 8.41. The number of benzene rings is 1. The number of aliphatic hydroxyl groups excluding tert-OH is 1. The Balaban J connectivity index is 3.27. The highest BCUT2D eigenvalue weighted by atomic mass is 19.4. The second kappa shape index (κ2) is 4.81. The number of hydrogen-bond acceptors (Lipinski definition) is 2. The molecule has 0 atom stereocenters. The van der Waals surface area contributed by atoms with Crippen molar-refractivity contribution in [2.45, 2.75) is 6.18 Å². The molecule has 1 aromatic carbocycles. The van der Waals surface area contributed by atoms with Gasteiger partial charge in [-0.25, -0.2) is 0 Å². The summed E-state index contributed by atoms with van der Waals surface area (Å²) in [6.45, 7) is -0.434. The van der Waals surface area contributed by atoms with E-state index in [2.05, 4.69) is 11.8 Å². The van der Waals surface area contributed by atoms with Crippen molar-refractivity contribution in [3.05, 3.63) is 34.9 Å². The first-order valence-electron chi connectivity index (χ1n) is 4.25. The molecule has 0 spiro atoms. The molecule has 0 aliphatic rings. The van der Waals surface area contributed by atoms with Crippen LogP contribution in [-0.4, -0.2) is 18.0 Å². The Kier molecular flexibility index (Phi) is 3.69. The second-order valence-corrected chi connectivity index (χ2v) is 2.88. The molecule has 5 heteroatoms. The molecule has 1 rings (SSSR count). The molecule has 0 unspecified atom stereocenters. The first-order valence-corrected chi connectivity index (χ1v) is 4.25. The van der Waals surface area contributed by atoms with Gasteiger partial charge in [0.05, 0.1) is 5.56 Å². The Hall–Kier alpha value is -1.80. The van der Waals surface area contributed by atoms with Crippen LogP contribution in [0.15, 0.2) is 18.2 Å². The van der Waals surface area contributed by atoms with E-state index < -0.39 is 23.9 Å². The van der Waals surface area contributed by atoms with Crippen molar-refractivity contribution in [1.29, 1.82) is 0 Å². The lowest BCUT2D eigenvalue weighted by Crippen LogP contribution is -2.09. The van der Waals surface area contributed by atoms with Crippen LogP contribution < -0.4 is 0 Å². The number of rotatable bonds is 1. The summed E-state index contributed by atoms with van der Waals surface area (Å²) in [6, 6.07) is 3.13. The van der Waals surface area contributed by atoms with E-state index in [1.807, 2.05) is 0 Å². The maximum absolute atomic E-state index is 12.5. The van der Waals surface area contributed by atoms with E-state index in [-0.39, 0.29) is 11.8 Å². The summed E-state index contributed by atoms with van der Waals surface area (Å²) in [5.41, 5.74) is -1.35. The number of hydrogen-bond donors (Lipinski definition) is 1. The van der Waals surface area contributed by atoms with Gasteiger partial charge in [-0.05, 0) is 18.2 Å². The number of halogens is 3. The van der Waals surface area contributed by atoms with Crippen LogP contribution in [0.25, 0.3) is 0 Å². The second-order valence-electron chi connectivity index (χ2n) is 2.88. The highest BCUT2D eigenvalue weighted by molar-refractivity contribution is 5.78. The van der Waals surface area contributed by atoms with E-state index in [1.165, 1.54) is 6.07 Å².